The Morgan fingerprint density at radius 2 is 2.05 bits per heavy atom. The highest BCUT2D eigenvalue weighted by Gasteiger charge is 2.15. The number of aromatic nitrogens is 2. The van der Waals surface area contributed by atoms with Crippen molar-refractivity contribution in [3.8, 4) is 0 Å². The molecule has 0 aliphatic carbocycles. The molecule has 2 rings (SSSR count). The molecule has 0 fully saturated rings. The summed E-state index contributed by atoms with van der Waals surface area (Å²) in [5.74, 6) is -0.307. The van der Waals surface area contributed by atoms with Gasteiger partial charge in [-0.25, -0.2) is 12.8 Å². The van der Waals surface area contributed by atoms with E-state index in [0.29, 0.717) is 23.6 Å². The van der Waals surface area contributed by atoms with Crippen LogP contribution in [0, 0.1) is 19.7 Å². The fourth-order valence-corrected chi connectivity index (χ4v) is 2.66. The van der Waals surface area contributed by atoms with E-state index in [-0.39, 0.29) is 5.82 Å². The van der Waals surface area contributed by atoms with Gasteiger partial charge in [0.1, 0.15) is 5.82 Å². The maximum atomic E-state index is 13.2. The van der Waals surface area contributed by atoms with Crippen LogP contribution in [0.3, 0.4) is 0 Å². The van der Waals surface area contributed by atoms with Crippen LogP contribution in [0.5, 0.6) is 0 Å². The molecule has 5 nitrogen and oxygen atoms in total. The zero-order valence-electron chi connectivity index (χ0n) is 11.5. The van der Waals surface area contributed by atoms with Gasteiger partial charge in [-0.2, -0.15) is 5.10 Å². The molecule has 0 aliphatic heterocycles. The average molecular weight is 297 g/mol. The summed E-state index contributed by atoms with van der Waals surface area (Å²) in [6, 6.07) is 6.23. The third kappa shape index (κ3) is 3.36. The van der Waals surface area contributed by atoms with Crippen molar-refractivity contribution >= 4 is 15.7 Å². The summed E-state index contributed by atoms with van der Waals surface area (Å²) in [6.45, 7) is 3.88. The van der Waals surface area contributed by atoms with Gasteiger partial charge < -0.3 is 0 Å². The predicted molar refractivity (Wildman–Crippen MR) is 75.7 cm³/mol. The van der Waals surface area contributed by atoms with Gasteiger partial charge in [-0.15, -0.1) is 0 Å². The lowest BCUT2D eigenvalue weighted by Crippen LogP contribution is -2.11. The zero-order valence-corrected chi connectivity index (χ0v) is 12.3. The number of nitrogens with one attached hydrogen (secondary N) is 1. The van der Waals surface area contributed by atoms with Crippen LogP contribution in [0.2, 0.25) is 0 Å². The van der Waals surface area contributed by atoms with Crippen LogP contribution < -0.4 is 4.72 Å². The number of rotatable bonds is 4. The van der Waals surface area contributed by atoms with Crippen molar-refractivity contribution in [2.24, 2.45) is 0 Å². The van der Waals surface area contributed by atoms with E-state index in [1.54, 1.807) is 30.7 Å². The van der Waals surface area contributed by atoms with Gasteiger partial charge in [-0.1, -0.05) is 12.1 Å². The minimum atomic E-state index is -3.35. The molecule has 2 aromatic rings. The second kappa shape index (κ2) is 5.24. The molecule has 1 aromatic carbocycles. The first-order chi connectivity index (χ1) is 9.26. The lowest BCUT2D eigenvalue weighted by Gasteiger charge is -2.06. The van der Waals surface area contributed by atoms with Gasteiger partial charge in [0.05, 0.1) is 29.9 Å². The first-order valence-corrected chi connectivity index (χ1v) is 7.91. The standard InChI is InChI=1S/C13H16FN3O2S/c1-9-13(16-20(3,18)19)10(2)17(15-9)8-11-5-4-6-12(14)7-11/h4-7,16H,8H2,1-3H3. The van der Waals surface area contributed by atoms with E-state index in [9.17, 15) is 12.8 Å². The first kappa shape index (κ1) is 14.5. The first-order valence-electron chi connectivity index (χ1n) is 6.02. The molecule has 1 N–H and O–H groups in total. The van der Waals surface area contributed by atoms with E-state index in [4.69, 9.17) is 0 Å². The molecule has 0 atom stereocenters. The van der Waals surface area contributed by atoms with Crippen molar-refractivity contribution in [2.45, 2.75) is 20.4 Å². The number of benzene rings is 1. The minimum absolute atomic E-state index is 0.307. The number of aryl methyl sites for hydroxylation is 1. The molecule has 7 heteroatoms. The monoisotopic (exact) mass is 297 g/mol. The molecule has 0 bridgehead atoms. The zero-order chi connectivity index (χ0) is 14.9. The van der Waals surface area contributed by atoms with E-state index >= 15 is 0 Å². The molecule has 0 saturated heterocycles. The Morgan fingerprint density at radius 1 is 1.35 bits per heavy atom. The largest absolute Gasteiger partial charge is 0.280 e. The summed E-state index contributed by atoms with van der Waals surface area (Å²) in [5, 5.41) is 4.29. The lowest BCUT2D eigenvalue weighted by atomic mass is 10.2. The molecule has 0 saturated carbocycles. The van der Waals surface area contributed by atoms with Crippen molar-refractivity contribution in [3.63, 3.8) is 0 Å². The van der Waals surface area contributed by atoms with Crippen LogP contribution in [0.15, 0.2) is 24.3 Å². The Kier molecular flexibility index (Phi) is 3.80. The summed E-state index contributed by atoms with van der Waals surface area (Å²) in [7, 11) is -3.35. The Hall–Kier alpha value is -1.89. The normalized spacial score (nSPS) is 11.6. The lowest BCUT2D eigenvalue weighted by molar-refractivity contribution is 0.606. The van der Waals surface area contributed by atoms with Crippen molar-refractivity contribution in [2.75, 3.05) is 11.0 Å². The maximum absolute atomic E-state index is 13.2. The molecule has 1 heterocycles. The molecule has 108 valence electrons. The maximum Gasteiger partial charge on any atom is 0.229 e. The van der Waals surface area contributed by atoms with Gasteiger partial charge in [-0.3, -0.25) is 9.40 Å². The highest BCUT2D eigenvalue weighted by Crippen LogP contribution is 2.21. The fourth-order valence-electron chi connectivity index (χ4n) is 1.99. The number of nitrogens with zero attached hydrogens (tertiary/aromatic N) is 2. The SMILES string of the molecule is Cc1nn(Cc2cccc(F)c2)c(C)c1NS(C)(=O)=O. The molecule has 0 amide bonds. The molecule has 20 heavy (non-hydrogen) atoms. The van der Waals surface area contributed by atoms with Crippen LogP contribution in [-0.4, -0.2) is 24.5 Å². The summed E-state index contributed by atoms with van der Waals surface area (Å²) < 4.78 is 39.9. The number of sulfonamides is 1. The third-order valence-electron chi connectivity index (χ3n) is 2.89. The summed E-state index contributed by atoms with van der Waals surface area (Å²) in [6.07, 6.45) is 1.09. The smallest absolute Gasteiger partial charge is 0.229 e. The van der Waals surface area contributed by atoms with Crippen molar-refractivity contribution in [1.82, 2.24) is 9.78 Å². The predicted octanol–water partition coefficient (Wildman–Crippen LogP) is 2.06. The average Bonchev–Trinajstić information content (AvgIpc) is 2.55. The van der Waals surface area contributed by atoms with Gasteiger partial charge >= 0.3 is 0 Å². The van der Waals surface area contributed by atoms with E-state index < -0.39 is 10.0 Å². The van der Waals surface area contributed by atoms with E-state index in [1.165, 1.54) is 12.1 Å². The van der Waals surface area contributed by atoms with Crippen molar-refractivity contribution in [1.29, 1.82) is 0 Å². The van der Waals surface area contributed by atoms with E-state index in [2.05, 4.69) is 9.82 Å². The van der Waals surface area contributed by atoms with Crippen LogP contribution in [0.25, 0.3) is 0 Å². The Labute approximate surface area is 117 Å². The van der Waals surface area contributed by atoms with E-state index in [1.807, 2.05) is 0 Å². The summed E-state index contributed by atoms with van der Waals surface area (Å²) in [5.41, 5.74) is 2.52. The van der Waals surface area contributed by atoms with Gasteiger partial charge in [0, 0.05) is 0 Å². The third-order valence-corrected chi connectivity index (χ3v) is 3.47. The van der Waals surface area contributed by atoms with Crippen molar-refractivity contribution < 1.29 is 12.8 Å². The quantitative estimate of drug-likeness (QED) is 0.939. The second-order valence-corrected chi connectivity index (χ2v) is 6.46. The van der Waals surface area contributed by atoms with Crippen LogP contribution in [0.4, 0.5) is 10.1 Å². The summed E-state index contributed by atoms with van der Waals surface area (Å²) in [4.78, 5) is 0. The highest BCUT2D eigenvalue weighted by atomic mass is 32.2. The molecule has 0 radical (unpaired) electrons. The van der Waals surface area contributed by atoms with Crippen LogP contribution >= 0.6 is 0 Å². The van der Waals surface area contributed by atoms with Crippen LogP contribution in [-0.2, 0) is 16.6 Å². The minimum Gasteiger partial charge on any atom is -0.280 e. The molecular formula is C13H16FN3O2S. The van der Waals surface area contributed by atoms with Gasteiger partial charge in [-0.05, 0) is 31.5 Å². The molecule has 0 unspecified atom stereocenters. The van der Waals surface area contributed by atoms with Crippen molar-refractivity contribution in [3.05, 3.63) is 47.0 Å². The summed E-state index contributed by atoms with van der Waals surface area (Å²) >= 11 is 0. The molecular weight excluding hydrogens is 281 g/mol. The van der Waals surface area contributed by atoms with Gasteiger partial charge in [0.2, 0.25) is 10.0 Å². The number of hydrogen-bond acceptors (Lipinski definition) is 3. The topological polar surface area (TPSA) is 64.0 Å². The van der Waals surface area contributed by atoms with Gasteiger partial charge in [0.25, 0.3) is 0 Å². The Balaban J connectivity index is 2.33. The van der Waals surface area contributed by atoms with E-state index in [0.717, 1.165) is 11.8 Å². The molecule has 1 aromatic heterocycles. The molecule has 0 spiro atoms. The number of halogens is 1. The molecule has 0 aliphatic rings. The second-order valence-electron chi connectivity index (χ2n) is 4.71. The highest BCUT2D eigenvalue weighted by molar-refractivity contribution is 7.92. The Morgan fingerprint density at radius 3 is 2.65 bits per heavy atom. The fraction of sp³-hybridized carbons (Fsp3) is 0.308. The van der Waals surface area contributed by atoms with Crippen LogP contribution in [0.1, 0.15) is 17.0 Å². The van der Waals surface area contributed by atoms with Gasteiger partial charge in [0.15, 0.2) is 0 Å². The Bertz CT molecular complexity index is 738. The number of hydrogen-bond donors (Lipinski definition) is 1. The number of anilines is 1.